The van der Waals surface area contributed by atoms with Crippen molar-refractivity contribution in [3.8, 4) is 11.3 Å². The van der Waals surface area contributed by atoms with Crippen molar-refractivity contribution in [2.24, 2.45) is 0 Å². The molecule has 1 aliphatic rings. The number of benzene rings is 3. The van der Waals surface area contributed by atoms with Gasteiger partial charge in [0.05, 0.1) is 17.3 Å². The number of aromatic amines is 1. The summed E-state index contributed by atoms with van der Waals surface area (Å²) in [6.45, 7) is 0. The first-order valence-electron chi connectivity index (χ1n) is 11.9. The van der Waals surface area contributed by atoms with E-state index in [0.717, 1.165) is 12.1 Å². The Balaban J connectivity index is 1.53. The predicted octanol–water partition coefficient (Wildman–Crippen LogP) is 6.66. The normalized spacial score (nSPS) is 14.7. The molecule has 3 heterocycles. The van der Waals surface area contributed by atoms with E-state index in [1.54, 1.807) is 12.1 Å². The SMILES string of the molecule is O=C(Nc1cc(-c2[nH]nc3ncccc23)cc2c1C(c1cc(F)ccc1Cl)NC2=O)c1cc(F)cc(C(F)(F)F)c1. The number of pyridine rings is 1. The van der Waals surface area contributed by atoms with Gasteiger partial charge >= 0.3 is 6.18 Å². The third kappa shape index (κ3) is 4.76. The summed E-state index contributed by atoms with van der Waals surface area (Å²) in [4.78, 5) is 30.6. The summed E-state index contributed by atoms with van der Waals surface area (Å²) in [5.41, 5.74) is -0.299. The monoisotopic (exact) mass is 583 g/mol. The molecule has 41 heavy (non-hydrogen) atoms. The fraction of sp³-hybridized carbons (Fsp3) is 0.0714. The van der Waals surface area contributed by atoms with Crippen molar-refractivity contribution in [3.63, 3.8) is 0 Å². The van der Waals surface area contributed by atoms with Gasteiger partial charge in [0, 0.05) is 50.1 Å². The number of H-pyrrole nitrogens is 1. The van der Waals surface area contributed by atoms with Crippen LogP contribution in [0, 0.1) is 11.6 Å². The molecule has 0 spiro atoms. The van der Waals surface area contributed by atoms with Crippen LogP contribution in [0.25, 0.3) is 22.3 Å². The molecule has 0 saturated heterocycles. The first-order chi connectivity index (χ1) is 19.5. The van der Waals surface area contributed by atoms with Gasteiger partial charge in [0.15, 0.2) is 5.65 Å². The Morgan fingerprint density at radius 2 is 1.80 bits per heavy atom. The number of nitrogens with zero attached hydrogens (tertiary/aromatic N) is 2. The highest BCUT2D eigenvalue weighted by Crippen LogP contribution is 2.42. The molecule has 0 fully saturated rings. The Labute approximate surface area is 232 Å². The lowest BCUT2D eigenvalue weighted by Crippen LogP contribution is -2.21. The molecule has 5 aromatic rings. The van der Waals surface area contributed by atoms with E-state index >= 15 is 0 Å². The summed E-state index contributed by atoms with van der Waals surface area (Å²) in [5, 5.41) is 12.9. The molecule has 13 heteroatoms. The molecule has 2 aromatic heterocycles. The molecule has 2 amide bonds. The second kappa shape index (κ2) is 9.66. The third-order valence-electron chi connectivity index (χ3n) is 6.61. The molecule has 3 N–H and O–H groups in total. The zero-order chi connectivity index (χ0) is 29.1. The average Bonchev–Trinajstić information content (AvgIpc) is 3.50. The number of aromatic nitrogens is 3. The summed E-state index contributed by atoms with van der Waals surface area (Å²) in [5.74, 6) is -3.55. The number of amides is 2. The summed E-state index contributed by atoms with van der Waals surface area (Å²) < 4.78 is 68.2. The Bertz CT molecular complexity index is 1890. The lowest BCUT2D eigenvalue weighted by molar-refractivity contribution is -0.137. The Hall–Kier alpha value is -4.84. The van der Waals surface area contributed by atoms with E-state index in [2.05, 4.69) is 25.8 Å². The van der Waals surface area contributed by atoms with Gasteiger partial charge in [-0.3, -0.25) is 14.7 Å². The molecule has 3 aromatic carbocycles. The van der Waals surface area contributed by atoms with Crippen LogP contribution >= 0.6 is 11.6 Å². The van der Waals surface area contributed by atoms with Gasteiger partial charge in [-0.05, 0) is 60.7 Å². The molecule has 0 radical (unpaired) electrons. The van der Waals surface area contributed by atoms with Crippen LogP contribution in [-0.4, -0.2) is 27.0 Å². The molecule has 1 atom stereocenters. The molecule has 206 valence electrons. The standard InChI is InChI=1S/C28H15ClF5N5O2/c29-20-4-3-15(30)11-18(20)24-22-19(27(41)37-24)8-12(23-17-2-1-5-35-25(17)39-38-23)9-21(22)36-26(40)13-6-14(28(32,33)34)10-16(31)7-13/h1-11,24H,(H,36,40)(H,37,41)(H,35,38,39). The fourth-order valence-electron chi connectivity index (χ4n) is 4.80. The Morgan fingerprint density at radius 3 is 2.59 bits per heavy atom. The molecule has 1 aliphatic heterocycles. The summed E-state index contributed by atoms with van der Waals surface area (Å²) in [6, 6.07) is 10.4. The predicted molar refractivity (Wildman–Crippen MR) is 139 cm³/mol. The van der Waals surface area contributed by atoms with E-state index in [9.17, 15) is 31.5 Å². The second-order valence-electron chi connectivity index (χ2n) is 9.21. The van der Waals surface area contributed by atoms with E-state index < -0.39 is 46.8 Å². The number of nitrogens with one attached hydrogen (secondary N) is 3. The lowest BCUT2D eigenvalue weighted by Gasteiger charge is -2.19. The number of fused-ring (bicyclic) bond motifs is 2. The Kier molecular flexibility index (Phi) is 6.22. The Morgan fingerprint density at radius 1 is 1.00 bits per heavy atom. The number of carbonyl (C=O) groups is 2. The van der Waals surface area contributed by atoms with Crippen molar-refractivity contribution in [2.75, 3.05) is 5.32 Å². The number of anilines is 1. The number of alkyl halides is 3. The number of halogens is 6. The van der Waals surface area contributed by atoms with Crippen molar-refractivity contribution in [3.05, 3.63) is 111 Å². The molecule has 0 aliphatic carbocycles. The van der Waals surface area contributed by atoms with E-state index in [1.807, 2.05) is 0 Å². The third-order valence-corrected chi connectivity index (χ3v) is 6.96. The molecular formula is C28H15ClF5N5O2. The fourth-order valence-corrected chi connectivity index (χ4v) is 5.03. The van der Waals surface area contributed by atoms with Gasteiger partial charge in [0.25, 0.3) is 11.8 Å². The number of carbonyl (C=O) groups excluding carboxylic acids is 2. The molecular weight excluding hydrogens is 569 g/mol. The van der Waals surface area contributed by atoms with Gasteiger partial charge < -0.3 is 10.6 Å². The maximum Gasteiger partial charge on any atom is 0.416 e. The number of hydrogen-bond donors (Lipinski definition) is 3. The van der Waals surface area contributed by atoms with Crippen molar-refractivity contribution < 1.29 is 31.5 Å². The zero-order valence-electron chi connectivity index (χ0n) is 20.4. The van der Waals surface area contributed by atoms with Gasteiger partial charge in [-0.1, -0.05) is 11.6 Å². The topological polar surface area (TPSA) is 99.8 Å². The van der Waals surface area contributed by atoms with E-state index in [-0.39, 0.29) is 33.5 Å². The van der Waals surface area contributed by atoms with Crippen LogP contribution in [0.4, 0.5) is 27.6 Å². The van der Waals surface area contributed by atoms with Crippen molar-refractivity contribution >= 4 is 40.1 Å². The minimum atomic E-state index is -4.90. The largest absolute Gasteiger partial charge is 0.416 e. The second-order valence-corrected chi connectivity index (χ2v) is 9.62. The van der Waals surface area contributed by atoms with Gasteiger partial charge in [-0.15, -0.1) is 0 Å². The van der Waals surface area contributed by atoms with Gasteiger partial charge in [-0.25, -0.2) is 13.8 Å². The maximum absolute atomic E-state index is 14.2. The molecule has 0 saturated carbocycles. The van der Waals surface area contributed by atoms with Crippen LogP contribution < -0.4 is 10.6 Å². The highest BCUT2D eigenvalue weighted by atomic mass is 35.5. The van der Waals surface area contributed by atoms with Crippen molar-refractivity contribution in [1.29, 1.82) is 0 Å². The van der Waals surface area contributed by atoms with Crippen LogP contribution in [0.15, 0.2) is 66.9 Å². The van der Waals surface area contributed by atoms with E-state index in [1.165, 1.54) is 24.4 Å². The molecule has 1 unspecified atom stereocenters. The molecule has 7 nitrogen and oxygen atoms in total. The van der Waals surface area contributed by atoms with Crippen molar-refractivity contribution in [2.45, 2.75) is 12.2 Å². The average molecular weight is 584 g/mol. The zero-order valence-corrected chi connectivity index (χ0v) is 21.2. The quantitative estimate of drug-likeness (QED) is 0.206. The number of rotatable bonds is 4. The molecule has 6 rings (SSSR count). The van der Waals surface area contributed by atoms with Gasteiger partial charge in [0.1, 0.15) is 11.6 Å². The highest BCUT2D eigenvalue weighted by molar-refractivity contribution is 6.31. The highest BCUT2D eigenvalue weighted by Gasteiger charge is 2.36. The van der Waals surface area contributed by atoms with Crippen molar-refractivity contribution in [1.82, 2.24) is 20.5 Å². The lowest BCUT2D eigenvalue weighted by atomic mass is 9.93. The van der Waals surface area contributed by atoms with Crippen LogP contribution in [0.2, 0.25) is 5.02 Å². The molecule has 0 bridgehead atoms. The first-order valence-corrected chi connectivity index (χ1v) is 12.3. The van der Waals surface area contributed by atoms with Gasteiger partial charge in [-0.2, -0.15) is 18.3 Å². The van der Waals surface area contributed by atoms with Gasteiger partial charge in [0.2, 0.25) is 0 Å². The van der Waals surface area contributed by atoms with E-state index in [0.29, 0.717) is 34.4 Å². The summed E-state index contributed by atoms with van der Waals surface area (Å²) in [7, 11) is 0. The van der Waals surface area contributed by atoms with Crippen LogP contribution in [0.1, 0.15) is 43.4 Å². The maximum atomic E-state index is 14.2. The van der Waals surface area contributed by atoms with Crippen LogP contribution in [0.3, 0.4) is 0 Å². The minimum absolute atomic E-state index is 0.00404. The summed E-state index contributed by atoms with van der Waals surface area (Å²) >= 11 is 6.33. The van der Waals surface area contributed by atoms with Crippen LogP contribution in [-0.2, 0) is 6.18 Å². The van der Waals surface area contributed by atoms with Crippen LogP contribution in [0.5, 0.6) is 0 Å². The smallest absolute Gasteiger partial charge is 0.341 e. The first kappa shape index (κ1) is 26.4. The minimum Gasteiger partial charge on any atom is -0.341 e. The summed E-state index contributed by atoms with van der Waals surface area (Å²) in [6.07, 6.45) is -3.36. The van der Waals surface area contributed by atoms with E-state index in [4.69, 9.17) is 11.6 Å². The number of hydrogen-bond acceptors (Lipinski definition) is 4.